The second kappa shape index (κ2) is 33.6. The first-order valence-corrected chi connectivity index (χ1v) is 26.7. The number of esters is 2. The molecule has 2 amide bonds. The van der Waals surface area contributed by atoms with Crippen LogP contribution < -0.4 is 21.9 Å². The molecule has 0 spiro atoms. The Morgan fingerprint density at radius 1 is 0.583 bits per heavy atom. The van der Waals surface area contributed by atoms with Crippen molar-refractivity contribution >= 4 is 102 Å². The van der Waals surface area contributed by atoms with E-state index >= 15 is 0 Å². The molecule has 16 nitrogen and oxygen atoms in total. The van der Waals surface area contributed by atoms with Crippen molar-refractivity contribution in [1.82, 2.24) is 10.6 Å². The van der Waals surface area contributed by atoms with Crippen LogP contribution in [0.1, 0.15) is 145 Å². The molecule has 0 saturated heterocycles. The van der Waals surface area contributed by atoms with E-state index in [0.717, 1.165) is 131 Å². The standard InChI is InChI=1S/C53H73Br2N3O13.HI/c1-37-27-46-41(30-43(37)54)38(28-50(62)70-46)34-66-48(60)23-19-15-12-8-6-10-14-18-22-26-57-53(65)69-40(33-58(2,3)4)36-68-52(64)56-25-21-17-13-9-5-7-11-16-20-24-49(61)67-35-39-29-51(63)71-47-32-45(59)44(55)31-42(39)47;/h27-32,40H,5-26,33-36H2,1-4H3,(H2-,56,57,59,63,64,65);1H/p+1. The first kappa shape index (κ1) is 62.1. The zero-order chi connectivity index (χ0) is 51.6. The molecule has 3 N–H and O–H groups in total. The number of likely N-dealkylation sites (N-methyl/N-ethyl adjacent to an activating group) is 1. The molecular weight excluding hydrogens is 1170 g/mol. The van der Waals surface area contributed by atoms with E-state index in [1.54, 1.807) is 12.1 Å². The SMILES string of the molecule is Cc1cc2oc(=O)cc(COC(=O)CCCCCCCCCCCNC(=O)OC(COC(=O)NCCCCCCCCCCCC(=O)OCc3cc(=O)oc4cc(O)c(Br)cc34)C[N+](C)(C)C)c2cc1Br.I. The predicted molar refractivity (Wildman–Crippen MR) is 295 cm³/mol. The van der Waals surface area contributed by atoms with Crippen molar-refractivity contribution in [2.75, 3.05) is 47.4 Å². The highest BCUT2D eigenvalue weighted by Crippen LogP contribution is 2.31. The van der Waals surface area contributed by atoms with Gasteiger partial charge in [-0.25, -0.2) is 19.2 Å². The van der Waals surface area contributed by atoms with E-state index in [4.69, 9.17) is 27.8 Å². The summed E-state index contributed by atoms with van der Waals surface area (Å²) in [6.07, 6.45) is 16.8. The van der Waals surface area contributed by atoms with Crippen molar-refractivity contribution in [1.29, 1.82) is 0 Å². The van der Waals surface area contributed by atoms with Crippen LogP contribution in [0.2, 0.25) is 0 Å². The quantitative estimate of drug-likeness (QED) is 0.0101. The van der Waals surface area contributed by atoms with Gasteiger partial charge in [-0.3, -0.25) is 9.59 Å². The molecule has 0 radical (unpaired) electrons. The number of carbonyl (C=O) groups is 4. The van der Waals surface area contributed by atoms with Crippen LogP contribution >= 0.6 is 55.8 Å². The molecule has 0 aliphatic rings. The zero-order valence-electron chi connectivity index (χ0n) is 42.4. The number of alkyl carbamates (subject to hydrolysis) is 2. The van der Waals surface area contributed by atoms with Gasteiger partial charge in [-0.2, -0.15) is 0 Å². The van der Waals surface area contributed by atoms with Gasteiger partial charge < -0.3 is 48.0 Å². The summed E-state index contributed by atoms with van der Waals surface area (Å²) in [6, 6.07) is 9.31. The van der Waals surface area contributed by atoms with E-state index in [1.807, 2.05) is 34.1 Å². The smallest absolute Gasteiger partial charge is 0.407 e. The number of unbranched alkanes of at least 4 members (excludes halogenated alkanes) is 16. The van der Waals surface area contributed by atoms with Crippen molar-refractivity contribution in [3.05, 3.63) is 82.9 Å². The minimum absolute atomic E-state index is 0. The molecule has 2 heterocycles. The van der Waals surface area contributed by atoms with Crippen molar-refractivity contribution in [3.63, 3.8) is 0 Å². The summed E-state index contributed by atoms with van der Waals surface area (Å²) in [5.41, 5.74) is 1.72. The highest BCUT2D eigenvalue weighted by Gasteiger charge is 2.24. The topological polar surface area (TPSA) is 210 Å². The Labute approximate surface area is 456 Å². The Hall–Kier alpha value is -4.21. The van der Waals surface area contributed by atoms with Gasteiger partial charge >= 0.3 is 35.4 Å². The van der Waals surface area contributed by atoms with Crippen LogP contribution in [0.15, 0.2) is 63.8 Å². The fraction of sp³-hybridized carbons (Fsp3) is 0.585. The van der Waals surface area contributed by atoms with Crippen LogP contribution in [0, 0.1) is 6.92 Å². The Morgan fingerprint density at radius 2 is 1.00 bits per heavy atom. The van der Waals surface area contributed by atoms with Gasteiger partial charge in [0.2, 0.25) is 0 Å². The van der Waals surface area contributed by atoms with Crippen molar-refractivity contribution in [2.24, 2.45) is 0 Å². The van der Waals surface area contributed by atoms with Gasteiger partial charge in [-0.05, 0) is 72.3 Å². The fourth-order valence-electron chi connectivity index (χ4n) is 8.08. The number of nitrogens with zero attached hydrogens (tertiary/aromatic N) is 1. The number of hydrogen-bond acceptors (Lipinski definition) is 13. The molecule has 2 aromatic heterocycles. The summed E-state index contributed by atoms with van der Waals surface area (Å²) in [7, 11) is 5.95. The number of phenolic OH excluding ortho intramolecular Hbond substituents is 1. The highest BCUT2D eigenvalue weighted by molar-refractivity contribution is 14.0. The monoisotopic (exact) mass is 1250 g/mol. The molecule has 1 unspecified atom stereocenters. The van der Waals surface area contributed by atoms with Crippen LogP contribution in [0.25, 0.3) is 21.9 Å². The van der Waals surface area contributed by atoms with Crippen LogP contribution in [-0.2, 0) is 41.8 Å². The third kappa shape index (κ3) is 24.7. The van der Waals surface area contributed by atoms with Gasteiger partial charge in [0, 0.05) is 70.5 Å². The van der Waals surface area contributed by atoms with Crippen LogP contribution in [-0.4, -0.2) is 87.2 Å². The van der Waals surface area contributed by atoms with Gasteiger partial charge in [-0.15, -0.1) is 24.0 Å². The number of fused-ring (bicyclic) bond motifs is 2. The summed E-state index contributed by atoms with van der Waals surface area (Å²) >= 11 is 6.77. The molecule has 19 heteroatoms. The van der Waals surface area contributed by atoms with Crippen LogP contribution in [0.5, 0.6) is 5.75 Å². The van der Waals surface area contributed by atoms with E-state index in [0.29, 0.717) is 63.5 Å². The van der Waals surface area contributed by atoms with Gasteiger partial charge in [-0.1, -0.05) is 106 Å². The van der Waals surface area contributed by atoms with Gasteiger partial charge in [0.25, 0.3) is 0 Å². The summed E-state index contributed by atoms with van der Waals surface area (Å²) in [5, 5.41) is 16.8. The number of nitrogens with one attached hydrogen (secondary N) is 2. The molecule has 0 saturated carbocycles. The lowest BCUT2D eigenvalue weighted by Gasteiger charge is -2.28. The Bertz CT molecular complexity index is 2460. The van der Waals surface area contributed by atoms with E-state index in [-0.39, 0.29) is 67.1 Å². The first-order valence-electron chi connectivity index (χ1n) is 25.1. The number of carbonyl (C=O) groups excluding carboxylic acids is 4. The number of ether oxygens (including phenoxy) is 4. The number of amides is 2. The Kier molecular flexibility index (Phi) is 29.0. The molecule has 4 rings (SSSR count). The van der Waals surface area contributed by atoms with E-state index in [2.05, 4.69) is 42.5 Å². The number of rotatable bonds is 33. The molecule has 0 fully saturated rings. The lowest BCUT2D eigenvalue weighted by Crippen LogP contribution is -2.46. The first-order chi connectivity index (χ1) is 34.0. The van der Waals surface area contributed by atoms with Crippen molar-refractivity contribution in [3.8, 4) is 5.75 Å². The number of benzene rings is 2. The minimum atomic E-state index is -0.597. The fourth-order valence-corrected chi connectivity index (χ4v) is 8.76. The number of quaternary nitrogens is 1. The Balaban J connectivity index is 0.0000137. The van der Waals surface area contributed by atoms with Crippen molar-refractivity contribution < 1.29 is 56.5 Å². The number of aryl methyl sites for hydroxylation is 1. The van der Waals surface area contributed by atoms with Gasteiger partial charge in [0.1, 0.15) is 43.3 Å². The maximum absolute atomic E-state index is 12.6. The molecule has 0 aliphatic carbocycles. The van der Waals surface area contributed by atoms with E-state index in [1.165, 1.54) is 18.2 Å². The van der Waals surface area contributed by atoms with Crippen molar-refractivity contribution in [2.45, 2.75) is 155 Å². The van der Waals surface area contributed by atoms with E-state index < -0.39 is 29.5 Å². The lowest BCUT2D eigenvalue weighted by atomic mass is 10.1. The molecule has 1 atom stereocenters. The van der Waals surface area contributed by atoms with Crippen LogP contribution in [0.3, 0.4) is 0 Å². The molecule has 400 valence electrons. The molecule has 2 aromatic carbocycles. The normalized spacial score (nSPS) is 11.8. The van der Waals surface area contributed by atoms with E-state index in [9.17, 15) is 33.9 Å². The van der Waals surface area contributed by atoms with Gasteiger partial charge in [0.15, 0.2) is 6.10 Å². The third-order valence-corrected chi connectivity index (χ3v) is 13.4. The molecule has 4 aromatic rings. The second-order valence-corrected chi connectivity index (χ2v) is 20.9. The minimum Gasteiger partial charge on any atom is -0.507 e. The highest BCUT2D eigenvalue weighted by atomic mass is 127. The summed E-state index contributed by atoms with van der Waals surface area (Å²) in [4.78, 5) is 73.7. The third-order valence-electron chi connectivity index (χ3n) is 11.9. The number of phenols is 1. The molecular formula is C53H75Br2IN3O13+. The maximum atomic E-state index is 12.6. The Morgan fingerprint density at radius 3 is 1.47 bits per heavy atom. The average Bonchev–Trinajstić information content (AvgIpc) is 3.30. The average molecular weight is 1250 g/mol. The molecule has 0 bridgehead atoms. The molecule has 0 aliphatic heterocycles. The molecule has 72 heavy (non-hydrogen) atoms. The summed E-state index contributed by atoms with van der Waals surface area (Å²) in [6.45, 7) is 3.32. The number of hydrogen-bond donors (Lipinski definition) is 3. The number of aromatic hydroxyl groups is 1. The zero-order valence-corrected chi connectivity index (χ0v) is 47.9. The predicted octanol–water partition coefficient (Wildman–Crippen LogP) is 12.2. The van der Waals surface area contributed by atoms with Gasteiger partial charge in [0.05, 0.1) is 25.6 Å². The second-order valence-electron chi connectivity index (χ2n) is 19.2. The van der Waals surface area contributed by atoms with Crippen LogP contribution in [0.4, 0.5) is 9.59 Å². The largest absolute Gasteiger partial charge is 0.507 e. The number of halogens is 3. The lowest BCUT2D eigenvalue weighted by molar-refractivity contribution is -0.873. The summed E-state index contributed by atoms with van der Waals surface area (Å²) in [5.74, 6) is -0.658. The summed E-state index contributed by atoms with van der Waals surface area (Å²) < 4.78 is 34.3. The maximum Gasteiger partial charge on any atom is 0.407 e.